The molecule has 12 atom stereocenters. The van der Waals surface area contributed by atoms with Crippen molar-refractivity contribution in [1.29, 1.82) is 0 Å². The van der Waals surface area contributed by atoms with Gasteiger partial charge in [0.2, 0.25) is 0 Å². The first-order valence-electron chi connectivity index (χ1n) is 10.8. The molecule has 0 nitrogen and oxygen atoms in total. The van der Waals surface area contributed by atoms with Crippen LogP contribution >= 0.6 is 0 Å². The summed E-state index contributed by atoms with van der Waals surface area (Å²) in [5.41, 5.74) is 1.86. The van der Waals surface area contributed by atoms with Crippen molar-refractivity contribution >= 4 is 0 Å². The third-order valence-electron chi connectivity index (χ3n) is 12.1. The van der Waals surface area contributed by atoms with Crippen LogP contribution in [-0.2, 0) is 0 Å². The first-order chi connectivity index (χ1) is 10.8. The zero-order chi connectivity index (χ0) is 13.8. The van der Waals surface area contributed by atoms with E-state index in [4.69, 9.17) is 0 Å². The van der Waals surface area contributed by atoms with Crippen LogP contribution in [0, 0.1) is 70.0 Å². The van der Waals surface area contributed by atoms with Crippen molar-refractivity contribution in [3.05, 3.63) is 0 Å². The molecule has 0 aliphatic heterocycles. The molecule has 0 aromatic carbocycles. The summed E-state index contributed by atoms with van der Waals surface area (Å²) in [7, 11) is 0. The second-order valence-electron chi connectivity index (χ2n) is 11.4. The standard InChI is InChI=1S/C22H30/c1-5-21-7-3-13-15(21)9-11(1)19(21)17(13)18-14-4-8-22-6-2-12(20(18)22)10-16(14)22/h11-20H,1-10H2/t11-,12+,13+,14-,15+,16-,17+,18-,19-,20+,21-,22+. The highest BCUT2D eigenvalue weighted by Crippen LogP contribution is 2.86. The molecule has 0 saturated heterocycles. The molecule has 2 spiro atoms. The molecule has 0 aromatic heterocycles. The molecular weight excluding hydrogens is 264 g/mol. The second kappa shape index (κ2) is 3.11. The van der Waals surface area contributed by atoms with Crippen LogP contribution in [0.3, 0.4) is 0 Å². The zero-order valence-corrected chi connectivity index (χ0v) is 13.8. The summed E-state index contributed by atoms with van der Waals surface area (Å²) in [6, 6.07) is 0. The van der Waals surface area contributed by atoms with Crippen LogP contribution < -0.4 is 0 Å². The lowest BCUT2D eigenvalue weighted by atomic mass is 9.56. The summed E-state index contributed by atoms with van der Waals surface area (Å²) >= 11 is 0. The van der Waals surface area contributed by atoms with Gasteiger partial charge in [0.05, 0.1) is 0 Å². The number of rotatable bonds is 1. The highest BCUT2D eigenvalue weighted by Gasteiger charge is 2.79. The predicted octanol–water partition coefficient (Wildman–Crippen LogP) is 5.13. The summed E-state index contributed by atoms with van der Waals surface area (Å²) in [6.45, 7) is 0. The van der Waals surface area contributed by atoms with Gasteiger partial charge in [-0.2, -0.15) is 0 Å². The van der Waals surface area contributed by atoms with Crippen molar-refractivity contribution in [3.8, 4) is 0 Å². The Labute approximate surface area is 134 Å². The summed E-state index contributed by atoms with van der Waals surface area (Å²) in [6.07, 6.45) is 16.7. The number of hydrogen-bond donors (Lipinski definition) is 0. The fraction of sp³-hybridized carbons (Fsp3) is 1.00. The maximum absolute atomic E-state index is 1.69. The molecule has 0 heteroatoms. The molecule has 22 heavy (non-hydrogen) atoms. The van der Waals surface area contributed by atoms with Crippen LogP contribution in [0.25, 0.3) is 0 Å². The van der Waals surface area contributed by atoms with Gasteiger partial charge in [0.15, 0.2) is 0 Å². The molecule has 0 aromatic rings. The van der Waals surface area contributed by atoms with Gasteiger partial charge in [-0.15, -0.1) is 0 Å². The highest BCUT2D eigenvalue weighted by molar-refractivity contribution is 5.27. The Morgan fingerprint density at radius 1 is 0.545 bits per heavy atom. The van der Waals surface area contributed by atoms with Gasteiger partial charge in [-0.25, -0.2) is 0 Å². The molecule has 8 aliphatic carbocycles. The minimum Gasteiger partial charge on any atom is -0.0496 e. The second-order valence-corrected chi connectivity index (χ2v) is 11.4. The smallest absolute Gasteiger partial charge is 0.0232 e. The molecule has 0 N–H and O–H groups in total. The zero-order valence-electron chi connectivity index (χ0n) is 13.8. The molecule has 0 heterocycles. The Balaban J connectivity index is 1.29. The van der Waals surface area contributed by atoms with Gasteiger partial charge in [-0.05, 0) is 134 Å². The quantitative estimate of drug-likeness (QED) is 0.629. The molecule has 0 radical (unpaired) electrons. The maximum atomic E-state index is 1.69. The van der Waals surface area contributed by atoms with Crippen LogP contribution in [0.5, 0.6) is 0 Å². The monoisotopic (exact) mass is 294 g/mol. The maximum Gasteiger partial charge on any atom is -0.0232 e. The molecule has 10 bridgehead atoms. The van der Waals surface area contributed by atoms with Gasteiger partial charge < -0.3 is 0 Å². The van der Waals surface area contributed by atoms with E-state index in [1.807, 2.05) is 0 Å². The van der Waals surface area contributed by atoms with Crippen molar-refractivity contribution < 1.29 is 0 Å². The molecule has 8 aliphatic rings. The average molecular weight is 294 g/mol. The molecule has 8 saturated carbocycles. The van der Waals surface area contributed by atoms with Crippen LogP contribution in [0.15, 0.2) is 0 Å². The first-order valence-corrected chi connectivity index (χ1v) is 10.8. The molecule has 0 unspecified atom stereocenters. The highest BCUT2D eigenvalue weighted by atomic mass is 14.8. The van der Waals surface area contributed by atoms with Gasteiger partial charge in [0.25, 0.3) is 0 Å². The summed E-state index contributed by atoms with van der Waals surface area (Å²) in [5, 5.41) is 0. The normalized spacial score (nSPS) is 77.5. The van der Waals surface area contributed by atoms with Crippen LogP contribution in [0.2, 0.25) is 0 Å². The van der Waals surface area contributed by atoms with E-state index in [1.165, 1.54) is 59.2 Å². The van der Waals surface area contributed by atoms with Gasteiger partial charge in [0, 0.05) is 0 Å². The van der Waals surface area contributed by atoms with Crippen molar-refractivity contribution in [2.45, 2.75) is 64.2 Å². The third kappa shape index (κ3) is 0.853. The fourth-order valence-corrected chi connectivity index (χ4v) is 12.4. The van der Waals surface area contributed by atoms with Crippen molar-refractivity contribution in [2.75, 3.05) is 0 Å². The van der Waals surface area contributed by atoms with E-state index in [1.54, 1.807) is 64.2 Å². The number of hydrogen-bond acceptors (Lipinski definition) is 0. The Bertz CT molecular complexity index is 533. The largest absolute Gasteiger partial charge is 0.0496 e. The Kier molecular flexibility index (Phi) is 1.63. The summed E-state index contributed by atoms with van der Waals surface area (Å²) in [5.74, 6) is 12.3. The van der Waals surface area contributed by atoms with Crippen molar-refractivity contribution in [2.24, 2.45) is 70.0 Å². The van der Waals surface area contributed by atoms with Crippen LogP contribution in [-0.4, -0.2) is 0 Å². The van der Waals surface area contributed by atoms with Gasteiger partial charge >= 0.3 is 0 Å². The fourth-order valence-electron chi connectivity index (χ4n) is 12.4. The summed E-state index contributed by atoms with van der Waals surface area (Å²) < 4.78 is 0. The van der Waals surface area contributed by atoms with Gasteiger partial charge in [-0.1, -0.05) is 0 Å². The lowest BCUT2D eigenvalue weighted by Gasteiger charge is -2.48. The average Bonchev–Trinajstić information content (AvgIpc) is 3.38. The van der Waals surface area contributed by atoms with Crippen molar-refractivity contribution in [3.63, 3.8) is 0 Å². The predicted molar refractivity (Wildman–Crippen MR) is 85.9 cm³/mol. The van der Waals surface area contributed by atoms with E-state index in [0.29, 0.717) is 0 Å². The Morgan fingerprint density at radius 3 is 1.45 bits per heavy atom. The molecule has 0 amide bonds. The van der Waals surface area contributed by atoms with E-state index in [-0.39, 0.29) is 0 Å². The lowest BCUT2D eigenvalue weighted by Crippen LogP contribution is -2.43. The summed E-state index contributed by atoms with van der Waals surface area (Å²) in [4.78, 5) is 0. The van der Waals surface area contributed by atoms with Crippen LogP contribution in [0.4, 0.5) is 0 Å². The minimum absolute atomic E-state index is 0.928. The molecular formula is C22H30. The van der Waals surface area contributed by atoms with Crippen LogP contribution in [0.1, 0.15) is 64.2 Å². The molecule has 8 fully saturated rings. The minimum atomic E-state index is 0.928. The third-order valence-corrected chi connectivity index (χ3v) is 12.1. The topological polar surface area (TPSA) is 0 Å². The van der Waals surface area contributed by atoms with Gasteiger partial charge in [-0.3, -0.25) is 0 Å². The van der Waals surface area contributed by atoms with E-state index >= 15 is 0 Å². The van der Waals surface area contributed by atoms with E-state index in [2.05, 4.69) is 0 Å². The lowest BCUT2D eigenvalue weighted by molar-refractivity contribution is -0.00553. The SMILES string of the molecule is C1C[C@]23CC[C@@H]4[C@@H]([C@H]5[C@@H]6CC[C@@]78CC[C@@H](C[C@H]67)[C@@H]58)[C@H]2[C@H]1C[C@@H]43. The van der Waals surface area contributed by atoms with E-state index in [9.17, 15) is 0 Å². The van der Waals surface area contributed by atoms with E-state index in [0.717, 1.165) is 10.8 Å². The van der Waals surface area contributed by atoms with Crippen molar-refractivity contribution in [1.82, 2.24) is 0 Å². The van der Waals surface area contributed by atoms with E-state index < -0.39 is 0 Å². The Morgan fingerprint density at radius 2 is 1.00 bits per heavy atom. The van der Waals surface area contributed by atoms with Gasteiger partial charge in [0.1, 0.15) is 0 Å². The first kappa shape index (κ1) is 11.5. The molecule has 8 rings (SSSR count). The Hall–Kier alpha value is 0. The molecule has 118 valence electrons.